The van der Waals surface area contributed by atoms with Crippen LogP contribution in [0.3, 0.4) is 0 Å². The first-order valence-corrected chi connectivity index (χ1v) is 6.78. The molecule has 0 aliphatic rings. The molecule has 2 N–H and O–H groups in total. The zero-order valence-corrected chi connectivity index (χ0v) is 13.1. The third kappa shape index (κ3) is 3.59. The molecule has 0 radical (unpaired) electrons. The third-order valence-electron chi connectivity index (χ3n) is 3.00. The van der Waals surface area contributed by atoms with Crippen molar-refractivity contribution in [2.75, 3.05) is 24.8 Å². The van der Waals surface area contributed by atoms with Crippen LogP contribution in [0.25, 0.3) is 0 Å². The predicted octanol–water partition coefficient (Wildman–Crippen LogP) is 2.96. The second kappa shape index (κ2) is 5.95. The summed E-state index contributed by atoms with van der Waals surface area (Å²) in [5, 5.41) is 6.14. The molecule has 1 aromatic heterocycles. The summed E-state index contributed by atoms with van der Waals surface area (Å²) in [7, 11) is 3.28. The van der Waals surface area contributed by atoms with Gasteiger partial charge in [-0.15, -0.1) is 0 Å². The van der Waals surface area contributed by atoms with Crippen molar-refractivity contribution in [3.8, 4) is 6.01 Å². The third-order valence-corrected chi connectivity index (χ3v) is 3.00. The summed E-state index contributed by atoms with van der Waals surface area (Å²) in [6, 6.07) is 8.38. The van der Waals surface area contributed by atoms with Gasteiger partial charge in [0.15, 0.2) is 0 Å². The molecule has 0 aliphatic carbocycles. The first-order chi connectivity index (χ1) is 9.94. The normalized spacial score (nSPS) is 11.1. The number of rotatable bonds is 4. The number of anilines is 3. The van der Waals surface area contributed by atoms with Crippen LogP contribution in [0.2, 0.25) is 0 Å². The van der Waals surface area contributed by atoms with Crippen molar-refractivity contribution in [1.82, 2.24) is 15.0 Å². The summed E-state index contributed by atoms with van der Waals surface area (Å²) in [4.78, 5) is 12.6. The molecule has 1 heterocycles. The standard InChI is InChI=1S/C15H21N5O/c1-15(2,3)10-8-6-7-9-11(10)17-13-18-12(16-4)19-14(20-13)21-5/h6-9H,1-5H3,(H2,16,17,18,19,20). The van der Waals surface area contributed by atoms with E-state index in [0.717, 1.165) is 5.69 Å². The van der Waals surface area contributed by atoms with Crippen LogP contribution < -0.4 is 15.4 Å². The van der Waals surface area contributed by atoms with Gasteiger partial charge in [-0.2, -0.15) is 15.0 Å². The van der Waals surface area contributed by atoms with Gasteiger partial charge in [-0.3, -0.25) is 0 Å². The average Bonchev–Trinajstić information content (AvgIpc) is 2.46. The minimum absolute atomic E-state index is 0.0204. The number of aromatic nitrogens is 3. The quantitative estimate of drug-likeness (QED) is 0.900. The number of nitrogens with one attached hydrogen (secondary N) is 2. The van der Waals surface area contributed by atoms with Crippen molar-refractivity contribution in [2.24, 2.45) is 0 Å². The topological polar surface area (TPSA) is 72.0 Å². The Morgan fingerprint density at radius 2 is 1.67 bits per heavy atom. The molecular formula is C15H21N5O. The van der Waals surface area contributed by atoms with Crippen LogP contribution >= 0.6 is 0 Å². The lowest BCUT2D eigenvalue weighted by molar-refractivity contribution is 0.379. The molecule has 6 heteroatoms. The van der Waals surface area contributed by atoms with Crippen molar-refractivity contribution in [3.63, 3.8) is 0 Å². The Morgan fingerprint density at radius 3 is 2.29 bits per heavy atom. The molecule has 21 heavy (non-hydrogen) atoms. The van der Waals surface area contributed by atoms with E-state index in [1.807, 2.05) is 18.2 Å². The summed E-state index contributed by atoms with van der Waals surface area (Å²) < 4.78 is 5.09. The average molecular weight is 287 g/mol. The predicted molar refractivity (Wildman–Crippen MR) is 84.4 cm³/mol. The SMILES string of the molecule is CNc1nc(Nc2ccccc2C(C)(C)C)nc(OC)n1. The van der Waals surface area contributed by atoms with Gasteiger partial charge in [0.2, 0.25) is 11.9 Å². The highest BCUT2D eigenvalue weighted by Crippen LogP contribution is 2.30. The number of methoxy groups -OCH3 is 1. The van der Waals surface area contributed by atoms with Gasteiger partial charge < -0.3 is 15.4 Å². The zero-order valence-electron chi connectivity index (χ0n) is 13.1. The minimum Gasteiger partial charge on any atom is -0.467 e. The first-order valence-electron chi connectivity index (χ1n) is 6.78. The molecule has 0 bridgehead atoms. The molecule has 0 fully saturated rings. The van der Waals surface area contributed by atoms with E-state index < -0.39 is 0 Å². The maximum atomic E-state index is 5.09. The Kier molecular flexibility index (Phi) is 4.26. The van der Waals surface area contributed by atoms with E-state index in [9.17, 15) is 0 Å². The maximum absolute atomic E-state index is 5.09. The summed E-state index contributed by atoms with van der Waals surface area (Å²) in [6.07, 6.45) is 0. The molecule has 0 saturated carbocycles. The zero-order chi connectivity index (χ0) is 15.5. The lowest BCUT2D eigenvalue weighted by Gasteiger charge is -2.23. The van der Waals surface area contributed by atoms with E-state index in [-0.39, 0.29) is 11.4 Å². The Bertz CT molecular complexity index is 599. The molecule has 2 aromatic rings. The fourth-order valence-corrected chi connectivity index (χ4v) is 1.98. The largest absolute Gasteiger partial charge is 0.467 e. The van der Waals surface area contributed by atoms with Crippen molar-refractivity contribution in [3.05, 3.63) is 29.8 Å². The van der Waals surface area contributed by atoms with Crippen LogP contribution in [0.4, 0.5) is 17.6 Å². The number of benzene rings is 1. The van der Waals surface area contributed by atoms with Gasteiger partial charge in [0.05, 0.1) is 7.11 Å². The van der Waals surface area contributed by atoms with E-state index in [2.05, 4.69) is 52.4 Å². The molecule has 6 nitrogen and oxygen atoms in total. The Labute approximate surface area is 125 Å². The van der Waals surface area contributed by atoms with E-state index >= 15 is 0 Å². The molecule has 0 atom stereocenters. The van der Waals surface area contributed by atoms with Crippen LogP contribution in [0, 0.1) is 0 Å². The van der Waals surface area contributed by atoms with Crippen molar-refractivity contribution in [1.29, 1.82) is 0 Å². The van der Waals surface area contributed by atoms with E-state index in [0.29, 0.717) is 11.9 Å². The molecule has 0 aliphatic heterocycles. The van der Waals surface area contributed by atoms with E-state index in [1.165, 1.54) is 12.7 Å². The van der Waals surface area contributed by atoms with Gasteiger partial charge in [0.25, 0.3) is 0 Å². The molecular weight excluding hydrogens is 266 g/mol. The van der Waals surface area contributed by atoms with Crippen LogP contribution in [-0.2, 0) is 5.41 Å². The highest BCUT2D eigenvalue weighted by molar-refractivity contribution is 5.61. The number of nitrogens with zero attached hydrogens (tertiary/aromatic N) is 3. The van der Waals surface area contributed by atoms with Crippen molar-refractivity contribution < 1.29 is 4.74 Å². The second-order valence-electron chi connectivity index (χ2n) is 5.64. The summed E-state index contributed by atoms with van der Waals surface area (Å²) in [5.41, 5.74) is 2.18. The summed E-state index contributed by atoms with van der Waals surface area (Å²) in [6.45, 7) is 6.50. The Balaban J connectivity index is 2.39. The van der Waals surface area contributed by atoms with Crippen molar-refractivity contribution in [2.45, 2.75) is 26.2 Å². The fourth-order valence-electron chi connectivity index (χ4n) is 1.98. The monoisotopic (exact) mass is 287 g/mol. The summed E-state index contributed by atoms with van der Waals surface area (Å²) in [5.74, 6) is 0.903. The number of para-hydroxylation sites is 1. The second-order valence-corrected chi connectivity index (χ2v) is 5.64. The molecule has 0 unspecified atom stereocenters. The molecule has 112 valence electrons. The number of ether oxygens (including phenoxy) is 1. The van der Waals surface area contributed by atoms with Gasteiger partial charge in [-0.05, 0) is 17.0 Å². The van der Waals surface area contributed by atoms with Gasteiger partial charge in [0, 0.05) is 12.7 Å². The summed E-state index contributed by atoms with van der Waals surface area (Å²) >= 11 is 0. The molecule has 0 spiro atoms. The van der Waals surface area contributed by atoms with Crippen LogP contribution in [0.1, 0.15) is 26.3 Å². The molecule has 1 aromatic carbocycles. The van der Waals surface area contributed by atoms with Crippen LogP contribution in [-0.4, -0.2) is 29.1 Å². The number of hydrogen-bond donors (Lipinski definition) is 2. The van der Waals surface area contributed by atoms with Crippen molar-refractivity contribution >= 4 is 17.6 Å². The van der Waals surface area contributed by atoms with E-state index in [4.69, 9.17) is 4.74 Å². The Morgan fingerprint density at radius 1 is 1.00 bits per heavy atom. The van der Waals surface area contributed by atoms with Gasteiger partial charge in [0.1, 0.15) is 0 Å². The smallest absolute Gasteiger partial charge is 0.322 e. The minimum atomic E-state index is 0.0204. The molecule has 0 saturated heterocycles. The molecule has 0 amide bonds. The highest BCUT2D eigenvalue weighted by atomic mass is 16.5. The van der Waals surface area contributed by atoms with Gasteiger partial charge >= 0.3 is 6.01 Å². The van der Waals surface area contributed by atoms with Crippen LogP contribution in [0.5, 0.6) is 6.01 Å². The maximum Gasteiger partial charge on any atom is 0.322 e. The van der Waals surface area contributed by atoms with E-state index in [1.54, 1.807) is 7.05 Å². The van der Waals surface area contributed by atoms with Gasteiger partial charge in [-0.25, -0.2) is 0 Å². The lowest BCUT2D eigenvalue weighted by atomic mass is 9.86. The van der Waals surface area contributed by atoms with Gasteiger partial charge in [-0.1, -0.05) is 39.0 Å². The fraction of sp³-hybridized carbons (Fsp3) is 0.400. The lowest BCUT2D eigenvalue weighted by Crippen LogP contribution is -2.14. The number of hydrogen-bond acceptors (Lipinski definition) is 6. The Hall–Kier alpha value is -2.37. The first kappa shape index (κ1) is 15.0. The van der Waals surface area contributed by atoms with Crippen LogP contribution in [0.15, 0.2) is 24.3 Å². The highest BCUT2D eigenvalue weighted by Gasteiger charge is 2.18. The molecule has 2 rings (SSSR count).